The first-order chi connectivity index (χ1) is 11.7. The van der Waals surface area contributed by atoms with Crippen molar-refractivity contribution in [1.82, 2.24) is 24.6 Å². The largest absolute Gasteiger partial charge is 0.337 e. The number of benzene rings is 1. The zero-order valence-electron chi connectivity index (χ0n) is 13.3. The van der Waals surface area contributed by atoms with Gasteiger partial charge in [0.1, 0.15) is 5.82 Å². The molecule has 7 nitrogen and oxygen atoms in total. The molecule has 0 radical (unpaired) electrons. The summed E-state index contributed by atoms with van der Waals surface area (Å²) in [7, 11) is 0. The Labute approximate surface area is 137 Å². The van der Waals surface area contributed by atoms with Crippen LogP contribution in [0.4, 0.5) is 4.39 Å². The van der Waals surface area contributed by atoms with Gasteiger partial charge in [0, 0.05) is 18.5 Å². The Morgan fingerprint density at radius 3 is 2.88 bits per heavy atom. The molecule has 0 unspecified atom stereocenters. The molecular weight excluding hydrogens is 313 g/mol. The SMILES string of the molecule is CCn1c(=O)n(-c2noc(C3CCNCC3)n2)c2cc(F)ccc21. The highest BCUT2D eigenvalue weighted by molar-refractivity contribution is 5.77. The minimum atomic E-state index is -0.411. The maximum Gasteiger partial charge on any atom is 0.336 e. The van der Waals surface area contributed by atoms with Crippen molar-refractivity contribution in [3.05, 3.63) is 40.4 Å². The molecule has 3 heterocycles. The molecule has 2 aromatic heterocycles. The number of piperidine rings is 1. The predicted octanol–water partition coefficient (Wildman–Crippen LogP) is 1.80. The van der Waals surface area contributed by atoms with Crippen molar-refractivity contribution in [2.45, 2.75) is 32.2 Å². The van der Waals surface area contributed by atoms with Crippen molar-refractivity contribution >= 4 is 11.0 Å². The molecule has 1 aliphatic heterocycles. The van der Waals surface area contributed by atoms with Gasteiger partial charge in [-0.15, -0.1) is 0 Å². The maximum atomic E-state index is 13.7. The average molecular weight is 331 g/mol. The lowest BCUT2D eigenvalue weighted by atomic mass is 9.98. The molecule has 0 bridgehead atoms. The van der Waals surface area contributed by atoms with Gasteiger partial charge in [-0.3, -0.25) is 4.57 Å². The van der Waals surface area contributed by atoms with Crippen LogP contribution in [0.2, 0.25) is 0 Å². The van der Waals surface area contributed by atoms with Crippen LogP contribution in [0.5, 0.6) is 0 Å². The summed E-state index contributed by atoms with van der Waals surface area (Å²) in [5, 5.41) is 7.25. The van der Waals surface area contributed by atoms with Gasteiger partial charge in [-0.25, -0.2) is 13.8 Å². The molecule has 1 N–H and O–H groups in total. The Bertz CT molecular complexity index is 936. The molecule has 1 fully saturated rings. The summed E-state index contributed by atoms with van der Waals surface area (Å²) in [5.41, 5.74) is 0.799. The second kappa shape index (κ2) is 5.86. The van der Waals surface area contributed by atoms with Crippen LogP contribution in [0.25, 0.3) is 17.0 Å². The van der Waals surface area contributed by atoms with Crippen molar-refractivity contribution in [3.8, 4) is 5.95 Å². The number of halogens is 1. The summed E-state index contributed by atoms with van der Waals surface area (Å²) in [6, 6.07) is 4.26. The fraction of sp³-hybridized carbons (Fsp3) is 0.438. The summed E-state index contributed by atoms with van der Waals surface area (Å²) < 4.78 is 21.9. The van der Waals surface area contributed by atoms with Gasteiger partial charge in [-0.2, -0.15) is 4.98 Å². The first-order valence-electron chi connectivity index (χ1n) is 8.14. The van der Waals surface area contributed by atoms with Gasteiger partial charge in [0.2, 0.25) is 5.89 Å². The van der Waals surface area contributed by atoms with E-state index < -0.39 is 5.82 Å². The Morgan fingerprint density at radius 1 is 1.33 bits per heavy atom. The molecule has 24 heavy (non-hydrogen) atoms. The van der Waals surface area contributed by atoms with Crippen LogP contribution in [-0.4, -0.2) is 32.4 Å². The third kappa shape index (κ3) is 2.34. The lowest BCUT2D eigenvalue weighted by Crippen LogP contribution is -2.27. The molecule has 0 atom stereocenters. The van der Waals surface area contributed by atoms with Crippen LogP contribution in [-0.2, 0) is 6.54 Å². The van der Waals surface area contributed by atoms with Crippen LogP contribution in [0.1, 0.15) is 31.6 Å². The van der Waals surface area contributed by atoms with Gasteiger partial charge in [0.15, 0.2) is 0 Å². The van der Waals surface area contributed by atoms with E-state index in [1.54, 1.807) is 10.6 Å². The number of imidazole rings is 1. The zero-order valence-corrected chi connectivity index (χ0v) is 13.3. The van der Waals surface area contributed by atoms with E-state index in [1.165, 1.54) is 16.7 Å². The van der Waals surface area contributed by atoms with Crippen molar-refractivity contribution in [3.63, 3.8) is 0 Å². The molecule has 3 aromatic rings. The molecule has 1 aliphatic rings. The second-order valence-electron chi connectivity index (χ2n) is 5.95. The summed E-state index contributed by atoms with van der Waals surface area (Å²) in [6.07, 6.45) is 1.84. The lowest BCUT2D eigenvalue weighted by molar-refractivity contribution is 0.319. The van der Waals surface area contributed by atoms with Gasteiger partial charge < -0.3 is 9.84 Å². The van der Waals surface area contributed by atoms with Crippen LogP contribution < -0.4 is 11.0 Å². The van der Waals surface area contributed by atoms with Gasteiger partial charge >= 0.3 is 5.69 Å². The zero-order chi connectivity index (χ0) is 16.7. The minimum absolute atomic E-state index is 0.163. The van der Waals surface area contributed by atoms with Crippen LogP contribution in [0.3, 0.4) is 0 Å². The molecule has 1 saturated heterocycles. The molecule has 0 aliphatic carbocycles. The normalized spacial score (nSPS) is 16.1. The molecule has 4 rings (SSSR count). The van der Waals surface area contributed by atoms with Crippen LogP contribution in [0, 0.1) is 5.82 Å². The van der Waals surface area contributed by atoms with E-state index in [0.29, 0.717) is 23.5 Å². The van der Waals surface area contributed by atoms with Crippen molar-refractivity contribution in [2.75, 3.05) is 13.1 Å². The first kappa shape index (κ1) is 15.1. The van der Waals surface area contributed by atoms with Crippen LogP contribution >= 0.6 is 0 Å². The Balaban J connectivity index is 1.84. The topological polar surface area (TPSA) is 77.9 Å². The van der Waals surface area contributed by atoms with E-state index in [1.807, 2.05) is 6.92 Å². The monoisotopic (exact) mass is 331 g/mol. The summed E-state index contributed by atoms with van der Waals surface area (Å²) in [5.74, 6) is 0.481. The number of hydrogen-bond acceptors (Lipinski definition) is 5. The first-order valence-corrected chi connectivity index (χ1v) is 8.14. The van der Waals surface area contributed by atoms with Crippen molar-refractivity contribution in [2.24, 2.45) is 0 Å². The van der Waals surface area contributed by atoms with Gasteiger partial charge in [-0.1, -0.05) is 0 Å². The van der Waals surface area contributed by atoms with E-state index in [9.17, 15) is 9.18 Å². The lowest BCUT2D eigenvalue weighted by Gasteiger charge is -2.18. The van der Waals surface area contributed by atoms with Crippen LogP contribution in [0.15, 0.2) is 27.5 Å². The molecule has 8 heteroatoms. The highest BCUT2D eigenvalue weighted by Crippen LogP contribution is 2.25. The van der Waals surface area contributed by atoms with E-state index in [-0.39, 0.29) is 17.6 Å². The molecule has 1 aromatic carbocycles. The number of rotatable bonds is 3. The van der Waals surface area contributed by atoms with Gasteiger partial charge in [0.05, 0.1) is 11.0 Å². The van der Waals surface area contributed by atoms with E-state index in [2.05, 4.69) is 15.5 Å². The average Bonchev–Trinajstić information content (AvgIpc) is 3.17. The van der Waals surface area contributed by atoms with Crippen molar-refractivity contribution in [1.29, 1.82) is 0 Å². The maximum absolute atomic E-state index is 13.7. The van der Waals surface area contributed by atoms with Crippen molar-refractivity contribution < 1.29 is 8.91 Å². The van der Waals surface area contributed by atoms with E-state index in [0.717, 1.165) is 25.9 Å². The van der Waals surface area contributed by atoms with Gasteiger partial charge in [-0.05, 0) is 50.1 Å². The fourth-order valence-corrected chi connectivity index (χ4v) is 3.28. The number of fused-ring (bicyclic) bond motifs is 1. The van der Waals surface area contributed by atoms with E-state index in [4.69, 9.17) is 4.52 Å². The highest BCUT2D eigenvalue weighted by atomic mass is 19.1. The molecular formula is C16H18FN5O2. The minimum Gasteiger partial charge on any atom is -0.337 e. The van der Waals surface area contributed by atoms with E-state index >= 15 is 0 Å². The third-order valence-corrected chi connectivity index (χ3v) is 4.53. The highest BCUT2D eigenvalue weighted by Gasteiger charge is 2.24. The second-order valence-corrected chi connectivity index (χ2v) is 5.95. The number of nitrogens with zero attached hydrogens (tertiary/aromatic N) is 4. The summed E-state index contributed by atoms with van der Waals surface area (Å²) in [6.45, 7) is 4.16. The molecule has 126 valence electrons. The fourth-order valence-electron chi connectivity index (χ4n) is 3.28. The summed E-state index contributed by atoms with van der Waals surface area (Å²) in [4.78, 5) is 17.1. The number of aryl methyl sites for hydroxylation is 1. The Morgan fingerprint density at radius 2 is 2.12 bits per heavy atom. The van der Waals surface area contributed by atoms with Gasteiger partial charge in [0.25, 0.3) is 5.95 Å². The Hall–Kier alpha value is -2.48. The quantitative estimate of drug-likeness (QED) is 0.792. The Kier molecular flexibility index (Phi) is 3.68. The smallest absolute Gasteiger partial charge is 0.336 e. The predicted molar refractivity (Wildman–Crippen MR) is 85.9 cm³/mol. The number of aromatic nitrogens is 4. The third-order valence-electron chi connectivity index (χ3n) is 4.53. The summed E-state index contributed by atoms with van der Waals surface area (Å²) >= 11 is 0. The molecule has 0 amide bonds. The standard InChI is InChI=1S/C16H18FN5O2/c1-2-21-12-4-3-11(17)9-13(12)22(16(21)23)15-19-14(24-20-15)10-5-7-18-8-6-10/h3-4,9-10,18H,2,5-8H2,1H3. The molecule has 0 spiro atoms. The number of nitrogens with one attached hydrogen (secondary N) is 1. The molecule has 0 saturated carbocycles. The number of hydrogen-bond donors (Lipinski definition) is 1.